The van der Waals surface area contributed by atoms with Gasteiger partial charge in [0.25, 0.3) is 0 Å². The largest absolute Gasteiger partial charge is 0.444 e. The van der Waals surface area contributed by atoms with Crippen molar-refractivity contribution in [3.8, 4) is 11.1 Å². The first-order valence-corrected chi connectivity index (χ1v) is 11.4. The summed E-state index contributed by atoms with van der Waals surface area (Å²) < 4.78 is 5.72. The van der Waals surface area contributed by atoms with Gasteiger partial charge in [-0.2, -0.15) is 0 Å². The zero-order chi connectivity index (χ0) is 22.5. The second-order valence-corrected chi connectivity index (χ2v) is 9.85. The highest BCUT2D eigenvalue weighted by molar-refractivity contribution is 5.89. The highest BCUT2D eigenvalue weighted by Crippen LogP contribution is 2.39. The van der Waals surface area contributed by atoms with Crippen LogP contribution in [0.25, 0.3) is 22.2 Å². The van der Waals surface area contributed by atoms with E-state index in [4.69, 9.17) is 4.74 Å². The van der Waals surface area contributed by atoms with Crippen LogP contribution in [-0.2, 0) is 11.2 Å². The van der Waals surface area contributed by atoms with Crippen LogP contribution in [0.5, 0.6) is 0 Å². The molecule has 1 atom stereocenters. The van der Waals surface area contributed by atoms with E-state index in [0.717, 1.165) is 59.1 Å². The number of carbonyl (C=O) groups excluding carboxylic acids is 1. The first-order chi connectivity index (χ1) is 15.3. The molecule has 1 N–H and O–H groups in total. The first kappa shape index (κ1) is 20.7. The number of ether oxygens (including phenoxy) is 1. The van der Waals surface area contributed by atoms with Gasteiger partial charge in [-0.3, -0.25) is 4.99 Å². The van der Waals surface area contributed by atoms with Crippen molar-refractivity contribution in [1.29, 1.82) is 0 Å². The highest BCUT2D eigenvalue weighted by Gasteiger charge is 2.35. The summed E-state index contributed by atoms with van der Waals surface area (Å²) in [7, 11) is 0. The fourth-order valence-corrected chi connectivity index (χ4v) is 4.81. The summed E-state index contributed by atoms with van der Waals surface area (Å²) in [6.07, 6.45) is 8.48. The minimum atomic E-state index is -0.511. The van der Waals surface area contributed by atoms with Crippen LogP contribution in [0.15, 0.2) is 35.6 Å². The van der Waals surface area contributed by atoms with Crippen molar-refractivity contribution in [1.82, 2.24) is 14.9 Å². The normalized spacial score (nSPS) is 18.2. The molecule has 32 heavy (non-hydrogen) atoms. The standard InChI is InChI=1S/C26H30N4O2/c1-16-13-28-24-20(16)12-19(14-29-24)18-10-17-7-8-27-15-22(17)21(11-18)23-6-5-9-30(23)25(31)32-26(2,3)4/h10-15,23H,5-9H2,1-4H3,(H,28,29)/t23-/m0/s1. The van der Waals surface area contributed by atoms with E-state index < -0.39 is 5.60 Å². The third kappa shape index (κ3) is 3.78. The summed E-state index contributed by atoms with van der Waals surface area (Å²) >= 11 is 0. The van der Waals surface area contributed by atoms with E-state index in [1.807, 2.05) is 44.3 Å². The topological polar surface area (TPSA) is 70.6 Å². The second-order valence-electron chi connectivity index (χ2n) is 9.85. The average Bonchev–Trinajstić information content (AvgIpc) is 3.39. The van der Waals surface area contributed by atoms with Gasteiger partial charge in [-0.05, 0) is 81.3 Å². The summed E-state index contributed by atoms with van der Waals surface area (Å²) in [5.41, 5.74) is 7.42. The van der Waals surface area contributed by atoms with Gasteiger partial charge in [-0.1, -0.05) is 6.07 Å². The predicted octanol–water partition coefficient (Wildman–Crippen LogP) is 5.59. The van der Waals surface area contributed by atoms with Gasteiger partial charge in [0.2, 0.25) is 0 Å². The molecule has 2 aliphatic heterocycles. The molecule has 1 fully saturated rings. The number of hydrogen-bond acceptors (Lipinski definition) is 4. The number of nitrogens with zero attached hydrogens (tertiary/aromatic N) is 3. The maximum Gasteiger partial charge on any atom is 0.410 e. The third-order valence-corrected chi connectivity index (χ3v) is 6.34. The number of aryl methyl sites for hydroxylation is 1. The Morgan fingerprint density at radius 3 is 2.88 bits per heavy atom. The number of carbonyl (C=O) groups is 1. The van der Waals surface area contributed by atoms with E-state index in [1.54, 1.807) is 0 Å². The van der Waals surface area contributed by atoms with Gasteiger partial charge in [0.1, 0.15) is 11.2 Å². The molecule has 166 valence electrons. The van der Waals surface area contributed by atoms with Crippen LogP contribution in [0, 0.1) is 6.92 Å². The molecule has 1 saturated heterocycles. The Kier molecular flexibility index (Phi) is 5.03. The molecule has 4 heterocycles. The van der Waals surface area contributed by atoms with Gasteiger partial charge in [0.05, 0.1) is 6.04 Å². The van der Waals surface area contributed by atoms with Gasteiger partial charge < -0.3 is 14.6 Å². The molecule has 0 aliphatic carbocycles. The van der Waals surface area contributed by atoms with Gasteiger partial charge >= 0.3 is 6.09 Å². The van der Waals surface area contributed by atoms with Crippen LogP contribution >= 0.6 is 0 Å². The van der Waals surface area contributed by atoms with Gasteiger partial charge in [-0.25, -0.2) is 9.78 Å². The summed E-state index contributed by atoms with van der Waals surface area (Å²) in [5, 5.41) is 1.14. The fraction of sp³-hybridized carbons (Fsp3) is 0.423. The predicted molar refractivity (Wildman–Crippen MR) is 127 cm³/mol. The second kappa shape index (κ2) is 7.76. The molecule has 3 aromatic rings. The van der Waals surface area contributed by atoms with E-state index in [2.05, 4.69) is 40.1 Å². The van der Waals surface area contributed by atoms with Crippen molar-refractivity contribution >= 4 is 23.3 Å². The van der Waals surface area contributed by atoms with E-state index >= 15 is 0 Å². The Morgan fingerprint density at radius 2 is 2.06 bits per heavy atom. The number of nitrogens with one attached hydrogen (secondary N) is 1. The minimum Gasteiger partial charge on any atom is -0.444 e. The van der Waals surface area contributed by atoms with Crippen molar-refractivity contribution in [3.63, 3.8) is 0 Å². The number of hydrogen-bond donors (Lipinski definition) is 1. The Hall–Kier alpha value is -3.15. The number of aromatic amines is 1. The molecule has 1 amide bonds. The van der Waals surface area contributed by atoms with E-state index in [-0.39, 0.29) is 12.1 Å². The van der Waals surface area contributed by atoms with Crippen molar-refractivity contribution in [2.45, 2.75) is 58.6 Å². The Labute approximate surface area is 188 Å². The van der Waals surface area contributed by atoms with Gasteiger partial charge in [0.15, 0.2) is 0 Å². The van der Waals surface area contributed by atoms with E-state index in [9.17, 15) is 4.79 Å². The SMILES string of the molecule is Cc1c[nH]c2ncc(-c3cc4c(c([C@@H]5CCCN5C(=O)OC(C)(C)C)c3)C=NCC4)cc12. The van der Waals surface area contributed by atoms with Crippen LogP contribution in [0.1, 0.15) is 61.9 Å². The van der Waals surface area contributed by atoms with Crippen molar-refractivity contribution in [2.75, 3.05) is 13.1 Å². The number of amides is 1. The van der Waals surface area contributed by atoms with Crippen LogP contribution in [0.4, 0.5) is 4.79 Å². The number of fused-ring (bicyclic) bond motifs is 2. The van der Waals surface area contributed by atoms with Gasteiger partial charge in [-0.15, -0.1) is 0 Å². The number of aromatic nitrogens is 2. The lowest BCUT2D eigenvalue weighted by Gasteiger charge is -2.30. The monoisotopic (exact) mass is 430 g/mol. The van der Waals surface area contributed by atoms with Crippen LogP contribution in [0.3, 0.4) is 0 Å². The zero-order valence-electron chi connectivity index (χ0n) is 19.2. The molecule has 0 radical (unpaired) electrons. The van der Waals surface area contributed by atoms with Gasteiger partial charge in [0, 0.05) is 48.2 Å². The number of rotatable bonds is 2. The number of pyridine rings is 1. The molecular formula is C26H30N4O2. The summed E-state index contributed by atoms with van der Waals surface area (Å²) in [5.74, 6) is 0. The maximum atomic E-state index is 13.0. The van der Waals surface area contributed by atoms with Crippen LogP contribution < -0.4 is 0 Å². The molecule has 5 rings (SSSR count). The maximum absolute atomic E-state index is 13.0. The fourth-order valence-electron chi connectivity index (χ4n) is 4.81. The lowest BCUT2D eigenvalue weighted by Crippen LogP contribution is -2.36. The van der Waals surface area contributed by atoms with Crippen molar-refractivity contribution in [2.24, 2.45) is 4.99 Å². The zero-order valence-corrected chi connectivity index (χ0v) is 19.2. The molecule has 6 nitrogen and oxygen atoms in total. The summed E-state index contributed by atoms with van der Waals surface area (Å²) in [6.45, 7) is 9.35. The van der Waals surface area contributed by atoms with Crippen molar-refractivity contribution < 1.29 is 9.53 Å². The molecule has 2 aromatic heterocycles. The molecule has 0 unspecified atom stereocenters. The van der Waals surface area contributed by atoms with E-state index in [1.165, 1.54) is 11.1 Å². The lowest BCUT2D eigenvalue weighted by atomic mass is 9.88. The molecule has 0 spiro atoms. The average molecular weight is 431 g/mol. The third-order valence-electron chi connectivity index (χ3n) is 6.34. The molecule has 1 aromatic carbocycles. The molecular weight excluding hydrogens is 400 g/mol. The Bertz CT molecular complexity index is 1220. The number of H-pyrrole nitrogens is 1. The van der Waals surface area contributed by atoms with Crippen molar-refractivity contribution in [3.05, 3.63) is 52.8 Å². The quantitative estimate of drug-likeness (QED) is 0.576. The highest BCUT2D eigenvalue weighted by atomic mass is 16.6. The number of benzene rings is 1. The smallest absolute Gasteiger partial charge is 0.410 e. The minimum absolute atomic E-state index is 0.00575. The molecule has 6 heteroatoms. The van der Waals surface area contributed by atoms with Crippen LogP contribution in [0.2, 0.25) is 0 Å². The van der Waals surface area contributed by atoms with E-state index in [0.29, 0.717) is 6.54 Å². The number of aliphatic imine (C=N–C) groups is 1. The summed E-state index contributed by atoms with van der Waals surface area (Å²) in [6, 6.07) is 6.70. The Morgan fingerprint density at radius 1 is 1.22 bits per heavy atom. The summed E-state index contributed by atoms with van der Waals surface area (Å²) in [4.78, 5) is 27.3. The Balaban J connectivity index is 1.59. The molecule has 0 saturated carbocycles. The molecule has 0 bridgehead atoms. The first-order valence-electron chi connectivity index (χ1n) is 11.4. The molecule has 2 aliphatic rings. The lowest BCUT2D eigenvalue weighted by molar-refractivity contribution is 0.0224. The number of likely N-dealkylation sites (tertiary alicyclic amines) is 1. The van der Waals surface area contributed by atoms with Crippen LogP contribution in [-0.4, -0.2) is 45.9 Å².